The van der Waals surface area contributed by atoms with Crippen LogP contribution in [0.25, 0.3) is 0 Å². The summed E-state index contributed by atoms with van der Waals surface area (Å²) in [6.07, 6.45) is 34.6. The first-order valence-corrected chi connectivity index (χ1v) is 27.1. The molecule has 12 heteroatoms. The zero-order valence-corrected chi connectivity index (χ0v) is 40.8. The van der Waals surface area contributed by atoms with E-state index < -0.39 is 24.0 Å². The Morgan fingerprint density at radius 1 is 0.597 bits per heavy atom. The van der Waals surface area contributed by atoms with Gasteiger partial charge in [0.1, 0.15) is 18.8 Å². The van der Waals surface area contributed by atoms with Crippen LogP contribution in [0.1, 0.15) is 217 Å². The molecule has 2 unspecified atom stereocenters. The number of aliphatic carboxylic acids is 1. The topological polar surface area (TPSA) is 148 Å². The van der Waals surface area contributed by atoms with Crippen LogP contribution in [-0.2, 0) is 28.7 Å². The number of unbranched alkanes of at least 4 members (excludes halogenated alkanes) is 24. The summed E-state index contributed by atoms with van der Waals surface area (Å²) in [4.78, 5) is 62.3. The minimum Gasteiger partial charge on any atom is -0.480 e. The summed E-state index contributed by atoms with van der Waals surface area (Å²) in [5, 5.41) is 14.8. The second kappa shape index (κ2) is 41.0. The van der Waals surface area contributed by atoms with Gasteiger partial charge >= 0.3 is 17.9 Å². The number of nitrogens with one attached hydrogen (secondary N) is 2. The van der Waals surface area contributed by atoms with Crippen molar-refractivity contribution in [3.63, 3.8) is 0 Å². The van der Waals surface area contributed by atoms with Crippen LogP contribution in [0, 0.1) is 0 Å². The van der Waals surface area contributed by atoms with Crippen molar-refractivity contribution in [3.8, 4) is 0 Å². The summed E-state index contributed by atoms with van der Waals surface area (Å²) in [7, 11) is 0. The third-order valence-corrected chi connectivity index (χ3v) is 12.9. The molecule has 0 fully saturated rings. The SMILES string of the molecule is CCCCCCCCCCCCCCCC(=O)OCC(CSCCC(=O)Nc1ccc(C(=O)NC(CCSC)C(=O)O)cc1)OC(=O)CCCCCCCCCCCCCCC. The van der Waals surface area contributed by atoms with Crippen molar-refractivity contribution < 1.29 is 38.6 Å². The molecule has 1 aromatic rings. The van der Waals surface area contributed by atoms with Crippen molar-refractivity contribution >= 4 is 58.9 Å². The lowest BCUT2D eigenvalue weighted by Crippen LogP contribution is -2.41. The first-order chi connectivity index (χ1) is 30.2. The van der Waals surface area contributed by atoms with Gasteiger partial charge in [-0.3, -0.25) is 19.2 Å². The van der Waals surface area contributed by atoms with Crippen LogP contribution in [0.15, 0.2) is 24.3 Å². The van der Waals surface area contributed by atoms with Gasteiger partial charge in [0.15, 0.2) is 0 Å². The van der Waals surface area contributed by atoms with Crippen molar-refractivity contribution in [2.45, 2.75) is 219 Å². The summed E-state index contributed by atoms with van der Waals surface area (Å²) >= 11 is 2.98. The molecule has 10 nitrogen and oxygen atoms in total. The first-order valence-electron chi connectivity index (χ1n) is 24.5. The number of hydrogen-bond acceptors (Lipinski definition) is 9. The number of carbonyl (C=O) groups excluding carboxylic acids is 4. The Balaban J connectivity index is 2.46. The Labute approximate surface area is 385 Å². The van der Waals surface area contributed by atoms with Crippen molar-refractivity contribution in [2.24, 2.45) is 0 Å². The Hall–Kier alpha value is -2.73. The van der Waals surface area contributed by atoms with E-state index in [1.54, 1.807) is 24.3 Å². The molecule has 1 aromatic carbocycles. The summed E-state index contributed by atoms with van der Waals surface area (Å²) < 4.78 is 11.4. The number of carboxylic acid groups (broad SMARTS) is 1. The van der Waals surface area contributed by atoms with E-state index in [1.807, 2.05) is 6.26 Å². The van der Waals surface area contributed by atoms with E-state index in [4.69, 9.17) is 9.47 Å². The van der Waals surface area contributed by atoms with Crippen LogP contribution < -0.4 is 10.6 Å². The van der Waals surface area contributed by atoms with Crippen molar-refractivity contribution in [1.82, 2.24) is 5.32 Å². The second-order valence-corrected chi connectivity index (χ2v) is 19.0. The summed E-state index contributed by atoms with van der Waals surface area (Å²) in [5.74, 6) is -0.838. The van der Waals surface area contributed by atoms with Gasteiger partial charge < -0.3 is 25.2 Å². The smallest absolute Gasteiger partial charge is 0.326 e. The van der Waals surface area contributed by atoms with Crippen LogP contribution in [0.4, 0.5) is 5.69 Å². The molecule has 3 N–H and O–H groups in total. The number of anilines is 1. The molecular weight excluding hydrogens is 821 g/mol. The highest BCUT2D eigenvalue weighted by atomic mass is 32.2. The number of thioether (sulfide) groups is 2. The highest BCUT2D eigenvalue weighted by molar-refractivity contribution is 7.99. The summed E-state index contributed by atoms with van der Waals surface area (Å²) in [5.41, 5.74) is 0.817. The number of rotatable bonds is 43. The normalized spacial score (nSPS) is 12.1. The lowest BCUT2D eigenvalue weighted by Gasteiger charge is -2.18. The molecule has 0 aliphatic carbocycles. The Kier molecular flexibility index (Phi) is 37.9. The molecule has 62 heavy (non-hydrogen) atoms. The van der Waals surface area contributed by atoms with E-state index in [2.05, 4.69) is 24.5 Å². The van der Waals surface area contributed by atoms with E-state index in [1.165, 1.54) is 152 Å². The maximum absolute atomic E-state index is 12.9. The molecule has 0 aliphatic rings. The molecule has 0 radical (unpaired) electrons. The van der Waals surface area contributed by atoms with E-state index in [0.717, 1.165) is 38.5 Å². The fraction of sp³-hybridized carbons (Fsp3) is 0.780. The molecule has 2 atom stereocenters. The third kappa shape index (κ3) is 33.8. The number of hydrogen-bond donors (Lipinski definition) is 3. The molecule has 0 aromatic heterocycles. The Morgan fingerprint density at radius 2 is 1.05 bits per heavy atom. The molecule has 0 heterocycles. The third-order valence-electron chi connectivity index (χ3n) is 11.1. The fourth-order valence-corrected chi connectivity index (χ4v) is 8.63. The van der Waals surface area contributed by atoms with Gasteiger partial charge in [0, 0.05) is 42.0 Å². The zero-order valence-electron chi connectivity index (χ0n) is 39.1. The van der Waals surface area contributed by atoms with Crippen LogP contribution in [-0.4, -0.2) is 77.1 Å². The number of carbonyl (C=O) groups is 5. The predicted molar refractivity (Wildman–Crippen MR) is 260 cm³/mol. The molecule has 0 spiro atoms. The van der Waals surface area contributed by atoms with E-state index in [0.29, 0.717) is 47.8 Å². The number of benzene rings is 1. The van der Waals surface area contributed by atoms with Crippen LogP contribution in [0.3, 0.4) is 0 Å². The quantitative estimate of drug-likeness (QED) is 0.0427. The minimum atomic E-state index is -1.08. The van der Waals surface area contributed by atoms with Gasteiger partial charge in [-0.05, 0) is 55.5 Å². The first kappa shape index (κ1) is 57.3. The van der Waals surface area contributed by atoms with Gasteiger partial charge in [0.2, 0.25) is 5.91 Å². The number of carboxylic acids is 1. The van der Waals surface area contributed by atoms with Gasteiger partial charge in [-0.2, -0.15) is 23.5 Å². The summed E-state index contributed by atoms with van der Waals surface area (Å²) in [6.45, 7) is 4.51. The molecule has 0 saturated heterocycles. The standard InChI is InChI=1S/C50H86N2O8S2/c1-4-6-8-10-12-14-16-18-20-22-24-26-28-30-47(54)59-40-44(60-48(55)31-29-27-25-23-21-19-17-15-13-11-9-7-5-2)41-62-39-37-46(53)51-43-34-32-42(33-35-43)49(56)52-45(50(57)58)36-38-61-3/h32-35,44-45H,4-31,36-41H2,1-3H3,(H,51,53)(H,52,56)(H,57,58). The molecule has 356 valence electrons. The fourth-order valence-electron chi connectivity index (χ4n) is 7.24. The lowest BCUT2D eigenvalue weighted by molar-refractivity contribution is -0.157. The zero-order chi connectivity index (χ0) is 45.3. The van der Waals surface area contributed by atoms with E-state index >= 15 is 0 Å². The highest BCUT2D eigenvalue weighted by Gasteiger charge is 2.21. The van der Waals surface area contributed by atoms with E-state index in [-0.39, 0.29) is 30.9 Å². The van der Waals surface area contributed by atoms with Gasteiger partial charge in [0.05, 0.1) is 0 Å². The minimum absolute atomic E-state index is 0.00548. The molecule has 2 amide bonds. The molecular formula is C50H86N2O8S2. The van der Waals surface area contributed by atoms with Crippen LogP contribution >= 0.6 is 23.5 Å². The number of esters is 2. The molecule has 0 saturated carbocycles. The maximum atomic E-state index is 12.9. The molecule has 0 bridgehead atoms. The van der Waals surface area contributed by atoms with Crippen molar-refractivity contribution in [2.75, 3.05) is 35.4 Å². The highest BCUT2D eigenvalue weighted by Crippen LogP contribution is 2.17. The van der Waals surface area contributed by atoms with Gasteiger partial charge in [-0.25, -0.2) is 4.79 Å². The second-order valence-electron chi connectivity index (χ2n) is 16.9. The Bertz CT molecular complexity index is 1300. The monoisotopic (exact) mass is 907 g/mol. The molecule has 0 aliphatic heterocycles. The number of ether oxygens (including phenoxy) is 2. The van der Waals surface area contributed by atoms with Crippen LogP contribution in [0.2, 0.25) is 0 Å². The predicted octanol–water partition coefficient (Wildman–Crippen LogP) is 13.1. The average Bonchev–Trinajstić information content (AvgIpc) is 3.26. The molecule has 1 rings (SSSR count). The van der Waals surface area contributed by atoms with E-state index in [9.17, 15) is 29.1 Å². The van der Waals surface area contributed by atoms with Gasteiger partial charge in [-0.1, -0.05) is 168 Å². The van der Waals surface area contributed by atoms with Gasteiger partial charge in [0.25, 0.3) is 5.91 Å². The summed E-state index contributed by atoms with van der Waals surface area (Å²) in [6, 6.07) is 5.34. The largest absolute Gasteiger partial charge is 0.480 e. The van der Waals surface area contributed by atoms with Crippen LogP contribution in [0.5, 0.6) is 0 Å². The average molecular weight is 907 g/mol. The Morgan fingerprint density at radius 3 is 1.50 bits per heavy atom. The maximum Gasteiger partial charge on any atom is 0.326 e. The van der Waals surface area contributed by atoms with Crippen molar-refractivity contribution in [1.29, 1.82) is 0 Å². The van der Waals surface area contributed by atoms with Crippen molar-refractivity contribution in [3.05, 3.63) is 29.8 Å². The number of amides is 2. The lowest BCUT2D eigenvalue weighted by atomic mass is 10.0. The van der Waals surface area contributed by atoms with Gasteiger partial charge in [-0.15, -0.1) is 0 Å².